The van der Waals surface area contributed by atoms with E-state index in [0.29, 0.717) is 24.8 Å². The molecule has 1 amide bonds. The van der Waals surface area contributed by atoms with Crippen molar-refractivity contribution in [1.82, 2.24) is 5.32 Å². The van der Waals surface area contributed by atoms with Gasteiger partial charge < -0.3 is 15.2 Å². The van der Waals surface area contributed by atoms with Crippen LogP contribution in [0.25, 0.3) is 0 Å². The Morgan fingerprint density at radius 2 is 1.95 bits per heavy atom. The third-order valence-electron chi connectivity index (χ3n) is 4.60. The zero-order valence-electron chi connectivity index (χ0n) is 12.7. The van der Waals surface area contributed by atoms with Crippen LogP contribution in [0.15, 0.2) is 24.3 Å². The van der Waals surface area contributed by atoms with Gasteiger partial charge in [-0.15, -0.1) is 0 Å². The van der Waals surface area contributed by atoms with E-state index in [2.05, 4.69) is 5.32 Å². The minimum atomic E-state index is -1.17. The summed E-state index contributed by atoms with van der Waals surface area (Å²) in [6, 6.07) is 7.27. The van der Waals surface area contributed by atoms with E-state index in [1.165, 1.54) is 0 Å². The van der Waals surface area contributed by atoms with E-state index >= 15 is 0 Å². The Balaban J connectivity index is 1.71. The predicted octanol–water partition coefficient (Wildman–Crippen LogP) is 1.58. The predicted molar refractivity (Wildman–Crippen MR) is 80.4 cm³/mol. The molecule has 0 saturated heterocycles. The lowest BCUT2D eigenvalue weighted by Crippen LogP contribution is -2.54. The summed E-state index contributed by atoms with van der Waals surface area (Å²) < 4.78 is 5.42. The van der Waals surface area contributed by atoms with Gasteiger partial charge in [0.2, 0.25) is 0 Å². The van der Waals surface area contributed by atoms with Crippen LogP contribution in [-0.4, -0.2) is 34.7 Å². The molecule has 0 radical (unpaired) electrons. The first-order valence-electron chi connectivity index (χ1n) is 7.78. The van der Waals surface area contributed by atoms with Crippen LogP contribution < -0.4 is 5.32 Å². The van der Waals surface area contributed by atoms with Crippen molar-refractivity contribution in [3.63, 3.8) is 0 Å². The number of ether oxygens (including phenoxy) is 1. The van der Waals surface area contributed by atoms with E-state index in [0.717, 1.165) is 18.4 Å². The second kappa shape index (κ2) is 5.72. The smallest absolute Gasteiger partial charge is 0.339 e. The van der Waals surface area contributed by atoms with Gasteiger partial charge in [0.1, 0.15) is 0 Å². The van der Waals surface area contributed by atoms with Crippen LogP contribution in [0.4, 0.5) is 0 Å². The zero-order valence-corrected chi connectivity index (χ0v) is 12.7. The monoisotopic (exact) mass is 303 g/mol. The topological polar surface area (TPSA) is 75.6 Å². The average Bonchev–Trinajstić information content (AvgIpc) is 2.49. The highest BCUT2D eigenvalue weighted by atomic mass is 16.6. The molecule has 1 aliphatic heterocycles. The molecule has 5 nitrogen and oxygen atoms in total. The number of hydrogen-bond acceptors (Lipinski definition) is 4. The molecule has 0 spiro atoms. The molecule has 0 aromatic heterocycles. The third kappa shape index (κ3) is 2.86. The molecule has 1 saturated carbocycles. The van der Waals surface area contributed by atoms with Gasteiger partial charge in [-0.1, -0.05) is 18.2 Å². The molecule has 2 N–H and O–H groups in total. The van der Waals surface area contributed by atoms with Gasteiger partial charge in [0.05, 0.1) is 11.7 Å². The first-order chi connectivity index (χ1) is 10.5. The fourth-order valence-corrected chi connectivity index (χ4v) is 3.22. The number of carbonyl (C=O) groups excluding carboxylic acids is 2. The van der Waals surface area contributed by atoms with Crippen molar-refractivity contribution in [2.24, 2.45) is 0 Å². The molecule has 5 heteroatoms. The summed E-state index contributed by atoms with van der Waals surface area (Å²) in [6.45, 7) is 1.66. The fourth-order valence-electron chi connectivity index (χ4n) is 3.22. The molecule has 1 atom stereocenters. The van der Waals surface area contributed by atoms with Gasteiger partial charge in [-0.05, 0) is 44.2 Å². The van der Waals surface area contributed by atoms with Crippen molar-refractivity contribution in [3.8, 4) is 0 Å². The largest absolute Gasteiger partial charge is 0.445 e. The molecule has 1 aliphatic carbocycles. The Hall–Kier alpha value is -1.88. The van der Waals surface area contributed by atoms with Crippen molar-refractivity contribution in [2.75, 3.05) is 0 Å². The SMILES string of the molecule is CC1(C(=O)NC2CCC(O)CC2)Cc2ccccc2C(=O)O1. The number of rotatable bonds is 2. The second-order valence-corrected chi connectivity index (χ2v) is 6.43. The van der Waals surface area contributed by atoms with Crippen molar-refractivity contribution >= 4 is 11.9 Å². The molecule has 1 aromatic carbocycles. The van der Waals surface area contributed by atoms with Crippen LogP contribution in [0, 0.1) is 0 Å². The highest BCUT2D eigenvalue weighted by molar-refractivity contribution is 5.97. The number of cyclic esters (lactones) is 1. The molecule has 118 valence electrons. The van der Waals surface area contributed by atoms with Crippen LogP contribution >= 0.6 is 0 Å². The number of fused-ring (bicyclic) bond motifs is 1. The molecule has 22 heavy (non-hydrogen) atoms. The van der Waals surface area contributed by atoms with Crippen LogP contribution in [0.3, 0.4) is 0 Å². The zero-order chi connectivity index (χ0) is 15.7. The number of carbonyl (C=O) groups is 2. The van der Waals surface area contributed by atoms with Crippen LogP contribution in [0.2, 0.25) is 0 Å². The number of hydrogen-bond donors (Lipinski definition) is 2. The number of aliphatic hydroxyl groups excluding tert-OH is 1. The quantitative estimate of drug-likeness (QED) is 0.813. The van der Waals surface area contributed by atoms with Gasteiger partial charge in [0.15, 0.2) is 5.60 Å². The molecule has 3 rings (SSSR count). The van der Waals surface area contributed by atoms with Crippen LogP contribution in [0.1, 0.15) is 48.5 Å². The maximum absolute atomic E-state index is 12.6. The number of aliphatic hydroxyl groups is 1. The van der Waals surface area contributed by atoms with Crippen molar-refractivity contribution < 1.29 is 19.4 Å². The number of esters is 1. The van der Waals surface area contributed by atoms with Gasteiger partial charge in [-0.3, -0.25) is 4.79 Å². The van der Waals surface area contributed by atoms with E-state index in [1.54, 1.807) is 19.1 Å². The molecule has 1 fully saturated rings. The van der Waals surface area contributed by atoms with Gasteiger partial charge in [0, 0.05) is 12.5 Å². The molecule has 0 bridgehead atoms. The van der Waals surface area contributed by atoms with E-state index in [1.807, 2.05) is 12.1 Å². The average molecular weight is 303 g/mol. The minimum absolute atomic E-state index is 0.0450. The number of amides is 1. The lowest BCUT2D eigenvalue weighted by atomic mass is 9.88. The summed E-state index contributed by atoms with van der Waals surface area (Å²) in [7, 11) is 0. The van der Waals surface area contributed by atoms with E-state index < -0.39 is 11.6 Å². The molecular formula is C17H21NO4. The maximum atomic E-state index is 12.6. The Kier molecular flexibility index (Phi) is 3.91. The van der Waals surface area contributed by atoms with Gasteiger partial charge >= 0.3 is 5.97 Å². The normalized spacial score (nSPS) is 31.1. The van der Waals surface area contributed by atoms with Crippen molar-refractivity contribution in [2.45, 2.75) is 56.8 Å². The Labute approximate surface area is 129 Å². The lowest BCUT2D eigenvalue weighted by Gasteiger charge is -2.35. The molecule has 1 aromatic rings. The van der Waals surface area contributed by atoms with Gasteiger partial charge in [-0.2, -0.15) is 0 Å². The van der Waals surface area contributed by atoms with E-state index in [-0.39, 0.29) is 18.1 Å². The highest BCUT2D eigenvalue weighted by Gasteiger charge is 2.43. The summed E-state index contributed by atoms with van der Waals surface area (Å²) in [5.74, 6) is -0.699. The van der Waals surface area contributed by atoms with Crippen LogP contribution in [0.5, 0.6) is 0 Å². The van der Waals surface area contributed by atoms with Crippen molar-refractivity contribution in [1.29, 1.82) is 0 Å². The Morgan fingerprint density at radius 3 is 2.68 bits per heavy atom. The minimum Gasteiger partial charge on any atom is -0.445 e. The lowest BCUT2D eigenvalue weighted by molar-refractivity contribution is -0.141. The summed E-state index contributed by atoms with van der Waals surface area (Å²) >= 11 is 0. The number of benzene rings is 1. The first-order valence-corrected chi connectivity index (χ1v) is 7.78. The fraction of sp³-hybridized carbons (Fsp3) is 0.529. The maximum Gasteiger partial charge on any atom is 0.339 e. The Morgan fingerprint density at radius 1 is 1.27 bits per heavy atom. The number of nitrogens with one attached hydrogen (secondary N) is 1. The third-order valence-corrected chi connectivity index (χ3v) is 4.60. The van der Waals surface area contributed by atoms with E-state index in [9.17, 15) is 14.7 Å². The standard InChI is InChI=1S/C17H21NO4/c1-17(16(21)18-12-6-8-13(19)9-7-12)10-11-4-2-3-5-14(11)15(20)22-17/h2-5,12-13,19H,6-10H2,1H3,(H,18,21). The second-order valence-electron chi connectivity index (χ2n) is 6.43. The first kappa shape index (κ1) is 15.0. The van der Waals surface area contributed by atoms with Crippen molar-refractivity contribution in [3.05, 3.63) is 35.4 Å². The molecule has 2 aliphatic rings. The van der Waals surface area contributed by atoms with Gasteiger partial charge in [-0.25, -0.2) is 4.79 Å². The van der Waals surface area contributed by atoms with E-state index in [4.69, 9.17) is 4.74 Å². The summed E-state index contributed by atoms with van der Waals surface area (Å²) in [5.41, 5.74) is 0.214. The summed E-state index contributed by atoms with van der Waals surface area (Å²) in [4.78, 5) is 24.7. The summed E-state index contributed by atoms with van der Waals surface area (Å²) in [5, 5.41) is 12.5. The molecule has 1 heterocycles. The highest BCUT2D eigenvalue weighted by Crippen LogP contribution is 2.29. The Bertz CT molecular complexity index is 592. The summed E-state index contributed by atoms with van der Waals surface area (Å²) in [6.07, 6.45) is 3.04. The van der Waals surface area contributed by atoms with Gasteiger partial charge in [0.25, 0.3) is 5.91 Å². The molecular weight excluding hydrogens is 282 g/mol. The van der Waals surface area contributed by atoms with Crippen LogP contribution in [-0.2, 0) is 16.0 Å². The molecule has 1 unspecified atom stereocenters.